The van der Waals surface area contributed by atoms with Gasteiger partial charge in [-0.25, -0.2) is 9.78 Å². The number of methoxy groups -OCH3 is 1. The molecule has 6 heteroatoms. The quantitative estimate of drug-likeness (QED) is 0.853. The molecular formula is C11H8Cl2N2O2. The highest BCUT2D eigenvalue weighted by atomic mass is 35.5. The molecule has 1 aromatic carbocycles. The van der Waals surface area contributed by atoms with Crippen LogP contribution in [0.1, 0.15) is 10.4 Å². The Kier molecular flexibility index (Phi) is 3.36. The molecule has 1 aromatic heterocycles. The number of hydrogen-bond acceptors (Lipinski definition) is 3. The third-order valence-electron chi connectivity index (χ3n) is 2.24. The average Bonchev–Trinajstić information content (AvgIpc) is 2.81. The van der Waals surface area contributed by atoms with E-state index < -0.39 is 5.97 Å². The Balaban J connectivity index is 2.53. The molecule has 0 spiro atoms. The number of aromatic nitrogens is 2. The van der Waals surface area contributed by atoms with Gasteiger partial charge in [-0.15, -0.1) is 0 Å². The van der Waals surface area contributed by atoms with Crippen molar-refractivity contribution in [3.05, 3.63) is 40.3 Å². The van der Waals surface area contributed by atoms with Crippen LogP contribution in [0, 0.1) is 0 Å². The first-order valence-corrected chi connectivity index (χ1v) is 5.45. The van der Waals surface area contributed by atoms with Crippen molar-refractivity contribution in [2.24, 2.45) is 0 Å². The third kappa shape index (κ3) is 2.28. The van der Waals surface area contributed by atoms with Gasteiger partial charge < -0.3 is 9.72 Å². The molecule has 4 nitrogen and oxygen atoms in total. The van der Waals surface area contributed by atoms with Crippen molar-refractivity contribution in [2.45, 2.75) is 0 Å². The SMILES string of the molecule is COC(=O)c1c(Cl)cc(-c2cnc[nH]2)cc1Cl. The highest BCUT2D eigenvalue weighted by Crippen LogP contribution is 2.31. The monoisotopic (exact) mass is 270 g/mol. The standard InChI is InChI=1S/C11H8Cl2N2O2/c1-17-11(16)10-7(12)2-6(3-8(10)13)9-4-14-5-15-9/h2-5H,1H3,(H,14,15). The summed E-state index contributed by atoms with van der Waals surface area (Å²) in [5.41, 5.74) is 1.69. The summed E-state index contributed by atoms with van der Waals surface area (Å²) in [7, 11) is 1.28. The summed E-state index contributed by atoms with van der Waals surface area (Å²) in [5.74, 6) is -0.559. The molecule has 2 rings (SSSR count). The second-order valence-electron chi connectivity index (χ2n) is 3.27. The Morgan fingerprint density at radius 2 is 2.00 bits per heavy atom. The molecule has 0 saturated heterocycles. The van der Waals surface area contributed by atoms with Crippen LogP contribution in [0.5, 0.6) is 0 Å². The average molecular weight is 271 g/mol. The lowest BCUT2D eigenvalue weighted by molar-refractivity contribution is 0.0601. The molecule has 0 aliphatic carbocycles. The van der Waals surface area contributed by atoms with E-state index in [1.807, 2.05) is 0 Å². The van der Waals surface area contributed by atoms with Gasteiger partial charge in [-0.3, -0.25) is 0 Å². The molecule has 0 atom stereocenters. The molecule has 0 fully saturated rings. The summed E-state index contributed by atoms with van der Waals surface area (Å²) in [4.78, 5) is 18.3. The topological polar surface area (TPSA) is 55.0 Å². The number of hydrogen-bond donors (Lipinski definition) is 1. The molecule has 0 aliphatic heterocycles. The van der Waals surface area contributed by atoms with Crippen LogP contribution >= 0.6 is 23.2 Å². The molecule has 0 amide bonds. The Morgan fingerprint density at radius 3 is 2.47 bits per heavy atom. The lowest BCUT2D eigenvalue weighted by atomic mass is 10.1. The molecule has 88 valence electrons. The number of halogens is 2. The van der Waals surface area contributed by atoms with E-state index in [4.69, 9.17) is 23.2 Å². The van der Waals surface area contributed by atoms with E-state index in [0.29, 0.717) is 0 Å². The van der Waals surface area contributed by atoms with Gasteiger partial charge in [0.1, 0.15) is 0 Å². The number of esters is 1. The van der Waals surface area contributed by atoms with Gasteiger partial charge in [0.25, 0.3) is 0 Å². The maximum Gasteiger partial charge on any atom is 0.340 e. The number of nitrogens with one attached hydrogen (secondary N) is 1. The van der Waals surface area contributed by atoms with Crippen molar-refractivity contribution in [3.63, 3.8) is 0 Å². The molecule has 0 unspecified atom stereocenters. The highest BCUT2D eigenvalue weighted by Gasteiger charge is 2.17. The molecular weight excluding hydrogens is 263 g/mol. The normalized spacial score (nSPS) is 10.3. The van der Waals surface area contributed by atoms with Crippen molar-refractivity contribution in [2.75, 3.05) is 7.11 Å². The maximum absolute atomic E-state index is 11.4. The molecule has 0 radical (unpaired) electrons. The van der Waals surface area contributed by atoms with E-state index in [2.05, 4.69) is 14.7 Å². The number of H-pyrrole nitrogens is 1. The second kappa shape index (κ2) is 4.77. The van der Waals surface area contributed by atoms with E-state index >= 15 is 0 Å². The van der Waals surface area contributed by atoms with Gasteiger partial charge in [0.05, 0.1) is 40.9 Å². The van der Waals surface area contributed by atoms with E-state index in [1.165, 1.54) is 7.11 Å². The minimum absolute atomic E-state index is 0.166. The summed E-state index contributed by atoms with van der Waals surface area (Å²) in [6, 6.07) is 3.26. The molecule has 1 N–H and O–H groups in total. The van der Waals surface area contributed by atoms with E-state index in [9.17, 15) is 4.79 Å². The van der Waals surface area contributed by atoms with E-state index in [-0.39, 0.29) is 15.6 Å². The van der Waals surface area contributed by atoms with Crippen molar-refractivity contribution < 1.29 is 9.53 Å². The molecule has 2 aromatic rings. The largest absolute Gasteiger partial charge is 0.465 e. The first kappa shape index (κ1) is 12.0. The minimum Gasteiger partial charge on any atom is -0.465 e. The molecule has 0 bridgehead atoms. The van der Waals surface area contributed by atoms with Gasteiger partial charge in [-0.1, -0.05) is 23.2 Å². The molecule has 0 aliphatic rings. The van der Waals surface area contributed by atoms with Crippen LogP contribution in [-0.4, -0.2) is 23.0 Å². The summed E-state index contributed by atoms with van der Waals surface area (Å²) in [6.07, 6.45) is 3.19. The number of imidazole rings is 1. The number of ether oxygens (including phenoxy) is 1. The highest BCUT2D eigenvalue weighted by molar-refractivity contribution is 6.39. The zero-order chi connectivity index (χ0) is 12.4. The molecule has 1 heterocycles. The van der Waals surface area contributed by atoms with Crippen LogP contribution < -0.4 is 0 Å². The smallest absolute Gasteiger partial charge is 0.340 e. The van der Waals surface area contributed by atoms with Crippen LogP contribution in [0.15, 0.2) is 24.7 Å². The fourth-order valence-electron chi connectivity index (χ4n) is 1.44. The van der Waals surface area contributed by atoms with E-state index in [1.54, 1.807) is 24.7 Å². The lowest BCUT2D eigenvalue weighted by Gasteiger charge is -2.07. The predicted octanol–water partition coefficient (Wildman–Crippen LogP) is 3.17. The molecule has 0 saturated carbocycles. The lowest BCUT2D eigenvalue weighted by Crippen LogP contribution is -2.03. The second-order valence-corrected chi connectivity index (χ2v) is 4.09. The fraction of sp³-hybridized carbons (Fsp3) is 0.0909. The van der Waals surface area contributed by atoms with Crippen LogP contribution in [0.2, 0.25) is 10.0 Å². The zero-order valence-electron chi connectivity index (χ0n) is 8.83. The first-order chi connectivity index (χ1) is 8.13. The van der Waals surface area contributed by atoms with Gasteiger partial charge >= 0.3 is 5.97 Å². The van der Waals surface area contributed by atoms with Crippen LogP contribution in [0.3, 0.4) is 0 Å². The molecule has 17 heavy (non-hydrogen) atoms. The van der Waals surface area contributed by atoms with Crippen LogP contribution in [-0.2, 0) is 4.74 Å². The van der Waals surface area contributed by atoms with Crippen molar-refractivity contribution >= 4 is 29.2 Å². The number of nitrogens with zero attached hydrogens (tertiary/aromatic N) is 1. The summed E-state index contributed by atoms with van der Waals surface area (Å²) in [6.45, 7) is 0. The predicted molar refractivity (Wildman–Crippen MR) is 65.4 cm³/mol. The third-order valence-corrected chi connectivity index (χ3v) is 2.84. The van der Waals surface area contributed by atoms with Gasteiger partial charge in [0.2, 0.25) is 0 Å². The number of aromatic amines is 1. The zero-order valence-corrected chi connectivity index (χ0v) is 10.3. The Labute approximate surface area is 108 Å². The first-order valence-electron chi connectivity index (χ1n) is 4.69. The van der Waals surface area contributed by atoms with Gasteiger partial charge in [-0.2, -0.15) is 0 Å². The van der Waals surface area contributed by atoms with Crippen LogP contribution in [0.4, 0.5) is 0 Å². The minimum atomic E-state index is -0.559. The van der Waals surface area contributed by atoms with Crippen molar-refractivity contribution in [1.29, 1.82) is 0 Å². The van der Waals surface area contributed by atoms with Crippen LogP contribution in [0.25, 0.3) is 11.3 Å². The Hall–Kier alpha value is -1.52. The summed E-state index contributed by atoms with van der Waals surface area (Å²) < 4.78 is 4.60. The Bertz CT molecular complexity index is 530. The number of rotatable bonds is 2. The van der Waals surface area contributed by atoms with E-state index in [0.717, 1.165) is 11.3 Å². The van der Waals surface area contributed by atoms with Crippen molar-refractivity contribution in [3.8, 4) is 11.3 Å². The van der Waals surface area contributed by atoms with Gasteiger partial charge in [-0.05, 0) is 12.1 Å². The van der Waals surface area contributed by atoms with Gasteiger partial charge in [0.15, 0.2) is 0 Å². The number of carbonyl (C=O) groups is 1. The summed E-state index contributed by atoms with van der Waals surface area (Å²) >= 11 is 12.0. The van der Waals surface area contributed by atoms with Crippen molar-refractivity contribution in [1.82, 2.24) is 9.97 Å². The fourth-order valence-corrected chi connectivity index (χ4v) is 2.08. The Morgan fingerprint density at radius 1 is 1.35 bits per heavy atom. The number of benzene rings is 1. The summed E-state index contributed by atoms with van der Waals surface area (Å²) in [5, 5.41) is 0.489. The van der Waals surface area contributed by atoms with Gasteiger partial charge in [0, 0.05) is 5.56 Å². The number of carbonyl (C=O) groups excluding carboxylic acids is 1. The maximum atomic E-state index is 11.4.